The van der Waals surface area contributed by atoms with Gasteiger partial charge in [0.25, 0.3) is 0 Å². The van der Waals surface area contributed by atoms with Crippen molar-refractivity contribution in [2.24, 2.45) is 5.41 Å². The zero-order valence-corrected chi connectivity index (χ0v) is 12.3. The molecule has 0 amide bonds. The third-order valence-corrected chi connectivity index (χ3v) is 4.11. The van der Waals surface area contributed by atoms with Gasteiger partial charge in [0.15, 0.2) is 0 Å². The highest BCUT2D eigenvalue weighted by atomic mass is 35.5. The molecule has 0 spiro atoms. The molecule has 3 nitrogen and oxygen atoms in total. The van der Waals surface area contributed by atoms with Crippen LogP contribution in [-0.2, 0) is 0 Å². The number of aliphatic hydroxyl groups is 1. The average molecular weight is 287 g/mol. The Hall–Kier alpha value is -0.600. The van der Waals surface area contributed by atoms with Crippen molar-refractivity contribution in [3.05, 3.63) is 21.3 Å². The average Bonchev–Trinajstić information content (AvgIpc) is 2.73. The molecule has 0 aromatic carbocycles. The van der Waals surface area contributed by atoms with Gasteiger partial charge in [-0.25, -0.2) is 0 Å². The van der Waals surface area contributed by atoms with Crippen molar-refractivity contribution in [1.82, 2.24) is 5.32 Å². The number of halogens is 1. The quantitative estimate of drug-likeness (QED) is 0.808. The van der Waals surface area contributed by atoms with Gasteiger partial charge in [-0.2, -0.15) is 5.26 Å². The number of hydrogen-bond donors (Lipinski definition) is 2. The van der Waals surface area contributed by atoms with Crippen molar-refractivity contribution in [3.8, 4) is 6.07 Å². The Morgan fingerprint density at radius 2 is 2.28 bits per heavy atom. The topological polar surface area (TPSA) is 56.0 Å². The van der Waals surface area contributed by atoms with E-state index in [0.717, 1.165) is 17.8 Å². The lowest BCUT2D eigenvalue weighted by atomic mass is 9.88. The van der Waals surface area contributed by atoms with Gasteiger partial charge in [0, 0.05) is 24.4 Å². The maximum Gasteiger partial charge on any atom is 0.101 e. The van der Waals surface area contributed by atoms with Crippen LogP contribution < -0.4 is 5.32 Å². The van der Waals surface area contributed by atoms with Crippen molar-refractivity contribution in [1.29, 1.82) is 5.26 Å². The van der Waals surface area contributed by atoms with Gasteiger partial charge in [0.2, 0.25) is 0 Å². The first-order valence-electron chi connectivity index (χ1n) is 5.95. The molecular formula is C13H19ClN2OS. The normalized spacial score (nSPS) is 13.3. The molecule has 0 aliphatic carbocycles. The van der Waals surface area contributed by atoms with Crippen LogP contribution in [0.15, 0.2) is 12.1 Å². The molecule has 1 atom stereocenters. The molecule has 0 aliphatic rings. The van der Waals surface area contributed by atoms with Gasteiger partial charge in [0.1, 0.15) is 6.10 Å². The fourth-order valence-electron chi connectivity index (χ4n) is 1.64. The van der Waals surface area contributed by atoms with Crippen molar-refractivity contribution in [3.63, 3.8) is 0 Å². The zero-order chi connectivity index (χ0) is 13.6. The van der Waals surface area contributed by atoms with E-state index < -0.39 is 6.10 Å². The Bertz CT molecular complexity index is 411. The summed E-state index contributed by atoms with van der Waals surface area (Å²) in [6.45, 7) is 5.52. The highest BCUT2D eigenvalue weighted by Crippen LogP contribution is 2.27. The van der Waals surface area contributed by atoms with Crippen LogP contribution in [-0.4, -0.2) is 18.2 Å². The maximum atomic E-state index is 9.94. The van der Waals surface area contributed by atoms with E-state index in [0.29, 0.717) is 17.3 Å². The summed E-state index contributed by atoms with van der Waals surface area (Å²) in [7, 11) is 0. The Morgan fingerprint density at radius 1 is 1.56 bits per heavy atom. The molecule has 1 aromatic heterocycles. The molecule has 18 heavy (non-hydrogen) atoms. The SMILES string of the molecule is CC(C)(CCC#N)CNCC(O)c1ccc(Cl)s1. The van der Waals surface area contributed by atoms with Crippen molar-refractivity contribution in [2.75, 3.05) is 13.1 Å². The number of rotatable bonds is 7. The van der Waals surface area contributed by atoms with Crippen molar-refractivity contribution in [2.45, 2.75) is 32.8 Å². The minimum atomic E-state index is -0.519. The Labute approximate surface area is 117 Å². The Balaban J connectivity index is 2.31. The molecule has 0 fully saturated rings. The molecule has 1 rings (SSSR count). The number of aliphatic hydroxyl groups excluding tert-OH is 1. The molecule has 5 heteroatoms. The van der Waals surface area contributed by atoms with Crippen LogP contribution in [0.4, 0.5) is 0 Å². The van der Waals surface area contributed by atoms with Crippen molar-refractivity contribution < 1.29 is 5.11 Å². The lowest BCUT2D eigenvalue weighted by Gasteiger charge is -2.24. The van der Waals surface area contributed by atoms with Gasteiger partial charge in [-0.05, 0) is 24.0 Å². The Kier molecular flexibility index (Phi) is 6.10. The molecule has 100 valence electrons. The molecule has 1 unspecified atom stereocenters. The molecular weight excluding hydrogens is 268 g/mol. The largest absolute Gasteiger partial charge is 0.386 e. The minimum Gasteiger partial charge on any atom is -0.386 e. The number of nitrogens with zero attached hydrogens (tertiary/aromatic N) is 1. The van der Waals surface area contributed by atoms with Gasteiger partial charge in [0.05, 0.1) is 10.4 Å². The fourth-order valence-corrected chi connectivity index (χ4v) is 2.68. The molecule has 0 aliphatic heterocycles. The zero-order valence-electron chi connectivity index (χ0n) is 10.7. The highest BCUT2D eigenvalue weighted by Gasteiger charge is 2.18. The van der Waals surface area contributed by atoms with Crippen LogP contribution in [0.5, 0.6) is 0 Å². The lowest BCUT2D eigenvalue weighted by Crippen LogP contribution is -2.32. The lowest BCUT2D eigenvalue weighted by molar-refractivity contribution is 0.171. The molecule has 0 bridgehead atoms. The smallest absolute Gasteiger partial charge is 0.101 e. The first kappa shape index (κ1) is 15.5. The highest BCUT2D eigenvalue weighted by molar-refractivity contribution is 7.16. The van der Waals surface area contributed by atoms with Crippen LogP contribution in [0.2, 0.25) is 4.34 Å². The fraction of sp³-hybridized carbons (Fsp3) is 0.615. The third-order valence-electron chi connectivity index (χ3n) is 2.78. The standard InChI is InChI=1S/C13H19ClN2OS/c1-13(2,6-3-7-15)9-16-8-10(17)11-4-5-12(14)18-11/h4-5,10,16-17H,3,6,8-9H2,1-2H3. The summed E-state index contributed by atoms with van der Waals surface area (Å²) >= 11 is 7.22. The van der Waals surface area contributed by atoms with Crippen LogP contribution in [0.3, 0.4) is 0 Å². The van der Waals surface area contributed by atoms with Crippen LogP contribution in [0.1, 0.15) is 37.7 Å². The number of thiophene rings is 1. The van der Waals surface area contributed by atoms with E-state index in [1.54, 1.807) is 6.07 Å². The van der Waals surface area contributed by atoms with Crippen LogP contribution in [0.25, 0.3) is 0 Å². The molecule has 0 saturated heterocycles. The first-order valence-corrected chi connectivity index (χ1v) is 7.15. The summed E-state index contributed by atoms with van der Waals surface area (Å²) in [5.41, 5.74) is 0.0720. The second-order valence-electron chi connectivity index (χ2n) is 5.11. The monoisotopic (exact) mass is 286 g/mol. The van der Waals surface area contributed by atoms with E-state index in [1.165, 1.54) is 11.3 Å². The third kappa shape index (κ3) is 5.36. The summed E-state index contributed by atoms with van der Waals surface area (Å²) < 4.78 is 0.693. The molecule has 2 N–H and O–H groups in total. The predicted molar refractivity (Wildman–Crippen MR) is 75.8 cm³/mol. The predicted octanol–water partition coefficient (Wildman–Crippen LogP) is 3.35. The van der Waals surface area contributed by atoms with Crippen LogP contribution >= 0.6 is 22.9 Å². The second-order valence-corrected chi connectivity index (χ2v) is 6.86. The Morgan fingerprint density at radius 3 is 2.83 bits per heavy atom. The molecule has 1 aromatic rings. The van der Waals surface area contributed by atoms with E-state index >= 15 is 0 Å². The maximum absolute atomic E-state index is 9.94. The minimum absolute atomic E-state index is 0.0720. The van der Waals surface area contributed by atoms with E-state index in [1.807, 2.05) is 6.07 Å². The van der Waals surface area contributed by atoms with E-state index in [4.69, 9.17) is 16.9 Å². The molecule has 0 saturated carbocycles. The van der Waals surface area contributed by atoms with Gasteiger partial charge < -0.3 is 10.4 Å². The van der Waals surface area contributed by atoms with Gasteiger partial charge in [-0.1, -0.05) is 25.4 Å². The summed E-state index contributed by atoms with van der Waals surface area (Å²) in [6.07, 6.45) is 0.907. The van der Waals surface area contributed by atoms with Gasteiger partial charge >= 0.3 is 0 Å². The summed E-state index contributed by atoms with van der Waals surface area (Å²) in [6, 6.07) is 5.80. The number of nitriles is 1. The number of nitrogens with one attached hydrogen (secondary N) is 1. The van der Waals surface area contributed by atoms with E-state index in [2.05, 4.69) is 25.2 Å². The van der Waals surface area contributed by atoms with E-state index in [9.17, 15) is 5.11 Å². The summed E-state index contributed by atoms with van der Waals surface area (Å²) in [5, 5.41) is 21.8. The van der Waals surface area contributed by atoms with Gasteiger partial charge in [-0.15, -0.1) is 11.3 Å². The molecule has 0 radical (unpaired) electrons. The van der Waals surface area contributed by atoms with Crippen molar-refractivity contribution >= 4 is 22.9 Å². The van der Waals surface area contributed by atoms with Gasteiger partial charge in [-0.3, -0.25) is 0 Å². The number of hydrogen-bond acceptors (Lipinski definition) is 4. The second kappa shape index (κ2) is 7.10. The first-order chi connectivity index (χ1) is 8.44. The molecule has 1 heterocycles. The van der Waals surface area contributed by atoms with Crippen LogP contribution in [0, 0.1) is 16.7 Å². The summed E-state index contributed by atoms with van der Waals surface area (Å²) in [4.78, 5) is 0.877. The summed E-state index contributed by atoms with van der Waals surface area (Å²) in [5.74, 6) is 0. The van der Waals surface area contributed by atoms with E-state index in [-0.39, 0.29) is 5.41 Å².